The minimum absolute atomic E-state index is 0.0231. The van der Waals surface area contributed by atoms with Crippen molar-refractivity contribution in [3.8, 4) is 0 Å². The lowest BCUT2D eigenvalue weighted by Crippen LogP contribution is -2.30. The number of allylic oxidation sites excluding steroid dienone is 12. The number of carbonyl (C=O) groups excluding carboxylic acids is 4. The standard InChI is InChI=1S/C83H150O17P2/c1-5-9-13-17-21-25-29-33-36-38-41-44-48-52-56-60-64-68-81(86)94-74-79(99-82(87)69-65-61-57-53-49-45-40-35-31-27-23-19-15-11-7-3)76-98-102(91,92)96-72-77(84)71-95-101(89,90)97-75-78(73-93-80(85)67-63-59-55-51-47-43-32-28-24-20-16-12-8-4)100-83(88)70-66-62-58-54-50-46-42-39-37-34-30-26-22-18-14-10-6-2/h22-23,26-27,34-35,37,40,42,46,54,58,77-79,84H,5-21,24-25,28-33,36,38-39,41,43-45,47-53,55-57,59-76H2,1-4H3,(H,89,90)(H,91,92)/b26-22-,27-23-,37-34-,40-35-,46-42-,58-54-/t77-,78-,79-/m1/s1. The highest BCUT2D eigenvalue weighted by molar-refractivity contribution is 7.47. The normalized spacial score (nSPS) is 14.2. The zero-order valence-electron chi connectivity index (χ0n) is 65.0. The molecule has 0 aromatic rings. The molecule has 19 heteroatoms. The Balaban J connectivity index is 5.37. The maximum atomic E-state index is 13.1. The molecule has 17 nitrogen and oxygen atoms in total. The van der Waals surface area contributed by atoms with Gasteiger partial charge in [0.1, 0.15) is 19.3 Å². The van der Waals surface area contributed by atoms with Crippen LogP contribution in [-0.4, -0.2) is 96.7 Å². The molecule has 0 aliphatic carbocycles. The number of rotatable bonds is 78. The van der Waals surface area contributed by atoms with Crippen molar-refractivity contribution < 1.29 is 80.2 Å². The first kappa shape index (κ1) is 98.5. The number of unbranched alkanes of at least 4 members (excludes halogenated alkanes) is 40. The second-order valence-electron chi connectivity index (χ2n) is 27.7. The van der Waals surface area contributed by atoms with Crippen LogP contribution in [0.25, 0.3) is 0 Å². The van der Waals surface area contributed by atoms with Crippen LogP contribution in [0.4, 0.5) is 0 Å². The van der Waals surface area contributed by atoms with Crippen LogP contribution in [0, 0.1) is 0 Å². The molecule has 0 aromatic heterocycles. The summed E-state index contributed by atoms with van der Waals surface area (Å²) < 4.78 is 68.6. The van der Waals surface area contributed by atoms with Crippen LogP contribution in [0.5, 0.6) is 0 Å². The van der Waals surface area contributed by atoms with Crippen molar-refractivity contribution in [3.05, 3.63) is 72.9 Å². The molecule has 0 fully saturated rings. The lowest BCUT2D eigenvalue weighted by Gasteiger charge is -2.21. The second-order valence-corrected chi connectivity index (χ2v) is 30.6. The molecule has 0 saturated carbocycles. The first-order valence-corrected chi connectivity index (χ1v) is 44.2. The minimum atomic E-state index is -4.99. The number of carbonyl (C=O) groups is 4. The molecule has 594 valence electrons. The van der Waals surface area contributed by atoms with Gasteiger partial charge in [0, 0.05) is 25.7 Å². The summed E-state index contributed by atoms with van der Waals surface area (Å²) in [5.41, 5.74) is 0. The Labute approximate surface area is 622 Å². The Bertz CT molecular complexity index is 2210. The molecule has 0 saturated heterocycles. The van der Waals surface area contributed by atoms with E-state index in [1.54, 1.807) is 0 Å². The Morgan fingerprint density at radius 1 is 0.275 bits per heavy atom. The van der Waals surface area contributed by atoms with Gasteiger partial charge < -0.3 is 33.8 Å². The lowest BCUT2D eigenvalue weighted by atomic mass is 10.0. The summed E-state index contributed by atoms with van der Waals surface area (Å²) in [7, 11) is -9.96. The Morgan fingerprint density at radius 2 is 0.490 bits per heavy atom. The van der Waals surface area contributed by atoms with Crippen molar-refractivity contribution in [1.29, 1.82) is 0 Å². The third-order valence-electron chi connectivity index (χ3n) is 17.7. The van der Waals surface area contributed by atoms with E-state index in [0.717, 1.165) is 109 Å². The smallest absolute Gasteiger partial charge is 0.462 e. The average molecular weight is 1480 g/mol. The van der Waals surface area contributed by atoms with Crippen molar-refractivity contribution >= 4 is 39.5 Å². The minimum Gasteiger partial charge on any atom is -0.462 e. The monoisotopic (exact) mass is 1480 g/mol. The van der Waals surface area contributed by atoms with Crippen LogP contribution in [0.15, 0.2) is 72.9 Å². The summed E-state index contributed by atoms with van der Waals surface area (Å²) in [5, 5.41) is 10.6. The predicted octanol–water partition coefficient (Wildman–Crippen LogP) is 24.0. The van der Waals surface area contributed by atoms with Crippen molar-refractivity contribution in [3.63, 3.8) is 0 Å². The number of hydrogen-bond acceptors (Lipinski definition) is 15. The molecule has 0 aliphatic heterocycles. The lowest BCUT2D eigenvalue weighted by molar-refractivity contribution is -0.161. The van der Waals surface area contributed by atoms with Gasteiger partial charge in [-0.2, -0.15) is 0 Å². The first-order valence-electron chi connectivity index (χ1n) is 41.2. The summed E-state index contributed by atoms with van der Waals surface area (Å²) in [4.78, 5) is 73.0. The topological polar surface area (TPSA) is 237 Å². The summed E-state index contributed by atoms with van der Waals surface area (Å²) in [6.45, 7) is 4.82. The van der Waals surface area contributed by atoms with E-state index in [0.29, 0.717) is 32.1 Å². The van der Waals surface area contributed by atoms with E-state index in [2.05, 4.69) is 88.5 Å². The van der Waals surface area contributed by atoms with Crippen LogP contribution >= 0.6 is 15.6 Å². The molecular formula is C83H150O17P2. The first-order chi connectivity index (χ1) is 49.7. The van der Waals surface area contributed by atoms with E-state index in [-0.39, 0.29) is 25.7 Å². The molecule has 0 aromatic carbocycles. The van der Waals surface area contributed by atoms with E-state index in [9.17, 15) is 43.2 Å². The van der Waals surface area contributed by atoms with Gasteiger partial charge in [-0.15, -0.1) is 0 Å². The van der Waals surface area contributed by atoms with Gasteiger partial charge in [0.15, 0.2) is 12.2 Å². The summed E-state index contributed by atoms with van der Waals surface area (Å²) >= 11 is 0. The average Bonchev–Trinajstić information content (AvgIpc) is 0.922. The molecule has 5 atom stereocenters. The molecular weight excluding hydrogens is 1330 g/mol. The Hall–Kier alpha value is -3.50. The molecule has 0 bridgehead atoms. The van der Waals surface area contributed by atoms with Crippen molar-refractivity contribution in [2.45, 2.75) is 393 Å². The largest absolute Gasteiger partial charge is 0.472 e. The van der Waals surface area contributed by atoms with Gasteiger partial charge >= 0.3 is 39.5 Å². The summed E-state index contributed by atoms with van der Waals surface area (Å²) in [6, 6.07) is 0. The van der Waals surface area contributed by atoms with Gasteiger partial charge in [-0.25, -0.2) is 9.13 Å². The van der Waals surface area contributed by atoms with Gasteiger partial charge in [0.2, 0.25) is 0 Å². The van der Waals surface area contributed by atoms with Crippen LogP contribution in [0.1, 0.15) is 374 Å². The molecule has 0 spiro atoms. The highest BCUT2D eigenvalue weighted by Crippen LogP contribution is 2.45. The van der Waals surface area contributed by atoms with Crippen molar-refractivity contribution in [1.82, 2.24) is 0 Å². The fourth-order valence-corrected chi connectivity index (χ4v) is 12.9. The number of phosphoric acid groups is 2. The number of aliphatic hydroxyl groups is 1. The molecule has 0 radical (unpaired) electrons. The molecule has 0 aliphatic rings. The predicted molar refractivity (Wildman–Crippen MR) is 418 cm³/mol. The number of phosphoric ester groups is 2. The molecule has 0 heterocycles. The quantitative estimate of drug-likeness (QED) is 0.0169. The number of hydrogen-bond donors (Lipinski definition) is 3. The Morgan fingerprint density at radius 3 is 0.794 bits per heavy atom. The van der Waals surface area contributed by atoms with Crippen LogP contribution in [-0.2, 0) is 65.4 Å². The van der Waals surface area contributed by atoms with Crippen molar-refractivity contribution in [2.24, 2.45) is 0 Å². The highest BCUT2D eigenvalue weighted by atomic mass is 31.2. The molecule has 2 unspecified atom stereocenters. The maximum absolute atomic E-state index is 13.1. The third-order valence-corrected chi connectivity index (χ3v) is 19.6. The van der Waals surface area contributed by atoms with E-state index in [1.807, 2.05) is 12.2 Å². The van der Waals surface area contributed by atoms with E-state index in [4.69, 9.17) is 37.0 Å². The van der Waals surface area contributed by atoms with Crippen LogP contribution in [0.3, 0.4) is 0 Å². The number of aliphatic hydroxyl groups excluding tert-OH is 1. The van der Waals surface area contributed by atoms with E-state index in [1.165, 1.54) is 180 Å². The Kier molecular flexibility index (Phi) is 73.1. The van der Waals surface area contributed by atoms with Gasteiger partial charge in [-0.3, -0.25) is 37.3 Å². The fraction of sp³-hybridized carbons (Fsp3) is 0.807. The summed E-state index contributed by atoms with van der Waals surface area (Å²) in [5.74, 6) is -2.22. The van der Waals surface area contributed by atoms with Gasteiger partial charge in [-0.1, -0.05) is 325 Å². The van der Waals surface area contributed by atoms with Gasteiger partial charge in [0.05, 0.1) is 26.4 Å². The van der Waals surface area contributed by atoms with E-state index < -0.39 is 97.5 Å². The number of esters is 4. The SMILES string of the molecule is CCCCC/C=C\C/C=C\C/C=C\C/C=C\CCCC(=O)O[C@H](COC(=O)CCCCCCCCCCCCCCC)COP(=O)(O)OC[C@@H](O)COP(=O)(O)OC[C@@H](COC(=O)CCCCCCCCCCCCCCCCCCC)OC(=O)CCCCCCC/C=C\C/C=C\CCCCC. The van der Waals surface area contributed by atoms with Gasteiger partial charge in [0.25, 0.3) is 0 Å². The molecule has 0 rings (SSSR count). The number of ether oxygens (including phenoxy) is 4. The second kappa shape index (κ2) is 75.7. The fourth-order valence-electron chi connectivity index (χ4n) is 11.4. The van der Waals surface area contributed by atoms with Crippen LogP contribution < -0.4 is 0 Å². The molecule has 0 amide bonds. The zero-order chi connectivity index (χ0) is 74.6. The van der Waals surface area contributed by atoms with Crippen molar-refractivity contribution in [2.75, 3.05) is 39.6 Å². The van der Waals surface area contributed by atoms with Gasteiger partial charge in [-0.05, 0) is 96.3 Å². The van der Waals surface area contributed by atoms with Crippen LogP contribution in [0.2, 0.25) is 0 Å². The molecule has 102 heavy (non-hydrogen) atoms. The third kappa shape index (κ3) is 74.8. The molecule has 3 N–H and O–H groups in total. The summed E-state index contributed by atoms with van der Waals surface area (Å²) in [6.07, 6.45) is 77.4. The zero-order valence-corrected chi connectivity index (χ0v) is 66.8. The maximum Gasteiger partial charge on any atom is 0.472 e. The van der Waals surface area contributed by atoms with E-state index >= 15 is 0 Å². The highest BCUT2D eigenvalue weighted by Gasteiger charge is 2.30.